The van der Waals surface area contributed by atoms with E-state index in [1.165, 1.54) is 6.92 Å². The Morgan fingerprint density at radius 2 is 0.761 bits per heavy atom. The van der Waals surface area contributed by atoms with Crippen molar-refractivity contribution in [2.75, 3.05) is 19.8 Å². The molecule has 71 heavy (non-hydrogen) atoms. The molecule has 6 aromatic carbocycles. The maximum Gasteiger partial charge on any atom is 0.303 e. The standard InChI is InChI=1S/C59H62O12/c1-3-34-63-58-57(68-43(2)60)55(66-39-48-30-18-8-19-31-48)53(51(69-58)42-62-36-45-24-12-5-13-25-45)71-59-56(67-40-49-32-20-9-21-33-49)54(65-38-47-28-16-7-17-29-47)52(64-37-46-26-14-6-15-27-46)50(70-59)41-61-35-44-22-10-4-11-23-44/h1,4-33,50-59H,34-42H2,2H3/t50-,51-,52+,53-,54+,55+,56-,57-,58-,59+/m1/s1. The summed E-state index contributed by atoms with van der Waals surface area (Å²) in [5.41, 5.74) is 5.66. The number of terminal acetylenes is 1. The van der Waals surface area contributed by atoms with Crippen LogP contribution in [-0.4, -0.2) is 87.2 Å². The maximum atomic E-state index is 13.0. The first kappa shape index (κ1) is 51.3. The van der Waals surface area contributed by atoms with Gasteiger partial charge >= 0.3 is 5.97 Å². The topological polar surface area (TPSA) is 119 Å². The van der Waals surface area contributed by atoms with Gasteiger partial charge in [0.2, 0.25) is 0 Å². The summed E-state index contributed by atoms with van der Waals surface area (Å²) in [5, 5.41) is 0. The average molecular weight is 963 g/mol. The summed E-state index contributed by atoms with van der Waals surface area (Å²) in [6.45, 7) is 2.66. The molecule has 0 bridgehead atoms. The van der Waals surface area contributed by atoms with E-state index in [4.69, 9.17) is 58.5 Å². The summed E-state index contributed by atoms with van der Waals surface area (Å²) >= 11 is 0. The largest absolute Gasteiger partial charge is 0.454 e. The van der Waals surface area contributed by atoms with Crippen molar-refractivity contribution in [3.63, 3.8) is 0 Å². The van der Waals surface area contributed by atoms with E-state index in [9.17, 15) is 4.79 Å². The highest BCUT2D eigenvalue weighted by Crippen LogP contribution is 2.37. The van der Waals surface area contributed by atoms with Gasteiger partial charge in [-0.1, -0.05) is 188 Å². The van der Waals surface area contributed by atoms with Crippen LogP contribution < -0.4 is 0 Å². The average Bonchev–Trinajstić information content (AvgIpc) is 3.41. The van der Waals surface area contributed by atoms with Gasteiger partial charge in [-0.05, 0) is 33.4 Å². The fraction of sp³-hybridized carbons (Fsp3) is 0.339. The number of rotatable bonds is 25. The molecule has 0 saturated carbocycles. The van der Waals surface area contributed by atoms with Crippen LogP contribution in [-0.2, 0) is 96.5 Å². The van der Waals surface area contributed by atoms with Gasteiger partial charge in [0.25, 0.3) is 0 Å². The van der Waals surface area contributed by atoms with E-state index in [-0.39, 0.29) is 52.9 Å². The Morgan fingerprint density at radius 1 is 0.423 bits per heavy atom. The summed E-state index contributed by atoms with van der Waals surface area (Å²) < 4.78 is 74.0. The van der Waals surface area contributed by atoms with Crippen molar-refractivity contribution in [2.24, 2.45) is 0 Å². The number of ether oxygens (including phenoxy) is 11. The highest BCUT2D eigenvalue weighted by atomic mass is 16.8. The van der Waals surface area contributed by atoms with Crippen molar-refractivity contribution in [1.29, 1.82) is 0 Å². The second kappa shape index (κ2) is 27.5. The van der Waals surface area contributed by atoms with Crippen LogP contribution in [0.2, 0.25) is 0 Å². The third-order valence-corrected chi connectivity index (χ3v) is 12.0. The number of carbonyl (C=O) groups excluding carboxylic acids is 1. The van der Waals surface area contributed by atoms with E-state index >= 15 is 0 Å². The predicted molar refractivity (Wildman–Crippen MR) is 265 cm³/mol. The van der Waals surface area contributed by atoms with E-state index in [1.807, 2.05) is 182 Å². The third kappa shape index (κ3) is 15.5. The van der Waals surface area contributed by atoms with E-state index < -0.39 is 67.4 Å². The molecule has 0 amide bonds. The monoisotopic (exact) mass is 962 g/mol. The Hall–Kier alpha value is -6.05. The number of esters is 1. The zero-order valence-corrected chi connectivity index (χ0v) is 39.9. The van der Waals surface area contributed by atoms with E-state index in [0.717, 1.165) is 33.4 Å². The molecule has 0 aromatic heterocycles. The van der Waals surface area contributed by atoms with Crippen LogP contribution in [0.1, 0.15) is 40.3 Å². The van der Waals surface area contributed by atoms with Crippen molar-refractivity contribution < 1.29 is 56.9 Å². The zero-order valence-electron chi connectivity index (χ0n) is 39.9. The molecular weight excluding hydrogens is 901 g/mol. The van der Waals surface area contributed by atoms with Crippen molar-refractivity contribution in [3.05, 3.63) is 215 Å². The van der Waals surface area contributed by atoms with Crippen LogP contribution in [0.3, 0.4) is 0 Å². The van der Waals surface area contributed by atoms with Crippen LogP contribution in [0, 0.1) is 12.3 Å². The predicted octanol–water partition coefficient (Wildman–Crippen LogP) is 9.18. The molecule has 2 heterocycles. The quantitative estimate of drug-likeness (QED) is 0.0402. The lowest BCUT2D eigenvalue weighted by atomic mass is 9.95. The van der Waals surface area contributed by atoms with Gasteiger partial charge in [-0.2, -0.15) is 0 Å². The highest BCUT2D eigenvalue weighted by Gasteiger charge is 2.55. The summed E-state index contributed by atoms with van der Waals surface area (Å²) in [4.78, 5) is 13.0. The third-order valence-electron chi connectivity index (χ3n) is 12.0. The Labute approximate surface area is 417 Å². The maximum absolute atomic E-state index is 13.0. The first-order valence-corrected chi connectivity index (χ1v) is 24.0. The fourth-order valence-electron chi connectivity index (χ4n) is 8.59. The van der Waals surface area contributed by atoms with E-state index in [0.29, 0.717) is 6.61 Å². The van der Waals surface area contributed by atoms with Gasteiger partial charge < -0.3 is 52.1 Å². The lowest BCUT2D eigenvalue weighted by Crippen LogP contribution is -2.66. The van der Waals surface area contributed by atoms with Gasteiger partial charge in [0, 0.05) is 6.92 Å². The molecule has 0 aliphatic carbocycles. The molecule has 0 unspecified atom stereocenters. The number of hydrogen-bond acceptors (Lipinski definition) is 12. The van der Waals surface area contributed by atoms with Crippen molar-refractivity contribution in [1.82, 2.24) is 0 Å². The summed E-state index contributed by atoms with van der Waals surface area (Å²) in [7, 11) is 0. The molecule has 0 radical (unpaired) electrons. The van der Waals surface area contributed by atoms with E-state index in [1.54, 1.807) is 0 Å². The fourth-order valence-corrected chi connectivity index (χ4v) is 8.59. The van der Waals surface area contributed by atoms with Crippen molar-refractivity contribution >= 4 is 5.97 Å². The molecule has 0 spiro atoms. The molecule has 370 valence electrons. The van der Waals surface area contributed by atoms with Gasteiger partial charge in [-0.15, -0.1) is 6.42 Å². The van der Waals surface area contributed by atoms with Gasteiger partial charge in [0.15, 0.2) is 18.7 Å². The minimum atomic E-state index is -1.18. The molecule has 2 aliphatic heterocycles. The summed E-state index contributed by atoms with van der Waals surface area (Å²) in [5.74, 6) is 1.93. The van der Waals surface area contributed by atoms with Gasteiger partial charge in [0.05, 0.1) is 52.9 Å². The van der Waals surface area contributed by atoms with Crippen LogP contribution in [0.25, 0.3) is 0 Å². The van der Waals surface area contributed by atoms with Crippen molar-refractivity contribution in [3.8, 4) is 12.3 Å². The Kier molecular flexibility index (Phi) is 19.9. The molecule has 12 nitrogen and oxygen atoms in total. The smallest absolute Gasteiger partial charge is 0.303 e. The first-order valence-electron chi connectivity index (χ1n) is 24.0. The van der Waals surface area contributed by atoms with E-state index in [2.05, 4.69) is 5.92 Å². The second-order valence-corrected chi connectivity index (χ2v) is 17.3. The molecule has 2 fully saturated rings. The SMILES string of the molecule is C#CCO[C@@H]1O[C@H](COCc2ccccc2)[C@@H](O[C@@H]2O[C@H](COCc3ccccc3)[C@H](OCc3ccccc3)[C@H](OCc3ccccc3)[C@H]2OCc2ccccc2)[C@H](OCc2ccccc2)[C@H]1OC(C)=O. The summed E-state index contributed by atoms with van der Waals surface area (Å²) in [6.07, 6.45) is -3.97. The van der Waals surface area contributed by atoms with Crippen LogP contribution in [0.4, 0.5) is 0 Å². The molecule has 0 N–H and O–H groups in total. The van der Waals surface area contributed by atoms with Crippen molar-refractivity contribution in [2.45, 2.75) is 108 Å². The molecule has 2 aliphatic rings. The Morgan fingerprint density at radius 3 is 1.15 bits per heavy atom. The minimum Gasteiger partial charge on any atom is -0.454 e. The lowest BCUT2D eigenvalue weighted by molar-refractivity contribution is -0.374. The van der Waals surface area contributed by atoms with Gasteiger partial charge in [0.1, 0.15) is 49.3 Å². The molecular formula is C59H62O12. The Bertz CT molecular complexity index is 2460. The Balaban J connectivity index is 1.20. The molecule has 10 atom stereocenters. The number of carbonyl (C=O) groups is 1. The lowest BCUT2D eigenvalue weighted by Gasteiger charge is -2.50. The molecule has 6 aromatic rings. The highest BCUT2D eigenvalue weighted by molar-refractivity contribution is 5.66. The number of hydrogen-bond donors (Lipinski definition) is 0. The van der Waals surface area contributed by atoms with Crippen LogP contribution in [0.5, 0.6) is 0 Å². The van der Waals surface area contributed by atoms with Gasteiger partial charge in [-0.25, -0.2) is 0 Å². The normalized spacial score (nSPS) is 24.2. The zero-order chi connectivity index (χ0) is 48.9. The molecule has 12 heteroatoms. The van der Waals surface area contributed by atoms with Crippen LogP contribution >= 0.6 is 0 Å². The summed E-state index contributed by atoms with van der Waals surface area (Å²) in [6, 6.07) is 59.2. The van der Waals surface area contributed by atoms with Gasteiger partial charge in [-0.3, -0.25) is 4.79 Å². The molecule has 2 saturated heterocycles. The van der Waals surface area contributed by atoms with Crippen LogP contribution in [0.15, 0.2) is 182 Å². The number of benzene rings is 6. The first-order chi connectivity index (χ1) is 35.0. The second-order valence-electron chi connectivity index (χ2n) is 17.3. The molecule has 8 rings (SSSR count). The minimum absolute atomic E-state index is 0.0100.